The number of nitrogens with one attached hydrogen (secondary N) is 1. The number of nitrogens with zero attached hydrogens (tertiary/aromatic N) is 1. The average molecular weight is 364 g/mol. The van der Waals surface area contributed by atoms with Crippen molar-refractivity contribution in [3.05, 3.63) is 59.7 Å². The topological polar surface area (TPSA) is 58.6 Å². The van der Waals surface area contributed by atoms with E-state index in [-0.39, 0.29) is 5.91 Å². The van der Waals surface area contributed by atoms with Crippen LogP contribution < -0.4 is 10.2 Å². The molecule has 27 heavy (non-hydrogen) atoms. The molecule has 1 N–H and O–H groups in total. The van der Waals surface area contributed by atoms with E-state index in [2.05, 4.69) is 10.2 Å². The first-order valence-corrected chi connectivity index (χ1v) is 9.53. The summed E-state index contributed by atoms with van der Waals surface area (Å²) in [5, 5.41) is 3.01. The summed E-state index contributed by atoms with van der Waals surface area (Å²) in [4.78, 5) is 27.7. The van der Waals surface area contributed by atoms with Crippen LogP contribution in [-0.4, -0.2) is 30.6 Å². The molecule has 0 aromatic heterocycles. The van der Waals surface area contributed by atoms with Crippen molar-refractivity contribution in [1.82, 2.24) is 0 Å². The van der Waals surface area contributed by atoms with E-state index >= 15 is 0 Å². The maximum Gasteiger partial charge on any atom is 0.339 e. The standard InChI is InChI=1S/C22H24N2O3/c1-22(15-16-9-3-4-10-17(16)20(25)27-22)21(26)23-18-11-5-6-12-19(18)24-13-7-2-8-14-24/h3-6,9-12H,2,7-8,13-15H2,1H3,(H,23,26). The molecule has 2 aliphatic heterocycles. The van der Waals surface area contributed by atoms with Crippen molar-refractivity contribution >= 4 is 23.3 Å². The largest absolute Gasteiger partial charge is 0.445 e. The van der Waals surface area contributed by atoms with Crippen LogP contribution in [-0.2, 0) is 16.0 Å². The number of hydrogen-bond acceptors (Lipinski definition) is 4. The minimum atomic E-state index is -1.22. The molecule has 5 heteroatoms. The molecule has 0 saturated carbocycles. The Hall–Kier alpha value is -2.82. The highest BCUT2D eigenvalue weighted by molar-refractivity contribution is 6.03. The van der Waals surface area contributed by atoms with Gasteiger partial charge in [-0.3, -0.25) is 4.79 Å². The summed E-state index contributed by atoms with van der Waals surface area (Å²) in [5.41, 5.74) is 1.95. The van der Waals surface area contributed by atoms with E-state index in [4.69, 9.17) is 4.74 Å². The quantitative estimate of drug-likeness (QED) is 0.842. The van der Waals surface area contributed by atoms with E-state index in [9.17, 15) is 9.59 Å². The van der Waals surface area contributed by atoms with Crippen LogP contribution in [0, 0.1) is 0 Å². The second-order valence-corrected chi connectivity index (χ2v) is 7.47. The van der Waals surface area contributed by atoms with Crippen LogP contribution >= 0.6 is 0 Å². The van der Waals surface area contributed by atoms with Crippen LogP contribution in [0.4, 0.5) is 11.4 Å². The highest BCUT2D eigenvalue weighted by Gasteiger charge is 2.42. The maximum atomic E-state index is 13.1. The molecular formula is C22H24N2O3. The Morgan fingerprint density at radius 1 is 1.04 bits per heavy atom. The van der Waals surface area contributed by atoms with Gasteiger partial charge >= 0.3 is 5.97 Å². The van der Waals surface area contributed by atoms with Gasteiger partial charge in [0.2, 0.25) is 0 Å². The van der Waals surface area contributed by atoms with Crippen molar-refractivity contribution < 1.29 is 14.3 Å². The summed E-state index contributed by atoms with van der Waals surface area (Å²) in [6.45, 7) is 3.67. The number of hydrogen-bond donors (Lipinski definition) is 1. The van der Waals surface area contributed by atoms with Crippen molar-refractivity contribution in [2.45, 2.75) is 38.2 Å². The molecule has 0 bridgehead atoms. The number of amides is 1. The van der Waals surface area contributed by atoms with Gasteiger partial charge in [0.25, 0.3) is 5.91 Å². The summed E-state index contributed by atoms with van der Waals surface area (Å²) in [6, 6.07) is 15.1. The number of cyclic esters (lactones) is 1. The van der Waals surface area contributed by atoms with Crippen molar-refractivity contribution in [3.63, 3.8) is 0 Å². The minimum absolute atomic E-state index is 0.296. The van der Waals surface area contributed by atoms with Crippen LogP contribution in [0.5, 0.6) is 0 Å². The zero-order chi connectivity index (χ0) is 18.9. The number of para-hydroxylation sites is 2. The summed E-state index contributed by atoms with van der Waals surface area (Å²) >= 11 is 0. The lowest BCUT2D eigenvalue weighted by atomic mass is 9.89. The van der Waals surface area contributed by atoms with Gasteiger partial charge in [-0.15, -0.1) is 0 Å². The Labute approximate surface area is 159 Å². The number of fused-ring (bicyclic) bond motifs is 1. The monoisotopic (exact) mass is 364 g/mol. The average Bonchev–Trinajstić information content (AvgIpc) is 2.69. The van der Waals surface area contributed by atoms with Crippen molar-refractivity contribution in [1.29, 1.82) is 0 Å². The summed E-state index contributed by atoms with van der Waals surface area (Å²) < 4.78 is 5.56. The number of piperidine rings is 1. The molecule has 2 aromatic carbocycles. The lowest BCUT2D eigenvalue weighted by Crippen LogP contribution is -2.49. The van der Waals surface area contributed by atoms with Gasteiger partial charge in [-0.05, 0) is 49.9 Å². The summed E-state index contributed by atoms with van der Waals surface area (Å²) in [7, 11) is 0. The second-order valence-electron chi connectivity index (χ2n) is 7.47. The molecular weight excluding hydrogens is 340 g/mol. The molecule has 1 amide bonds. The van der Waals surface area contributed by atoms with Crippen molar-refractivity contribution in [2.75, 3.05) is 23.3 Å². The van der Waals surface area contributed by atoms with Crippen molar-refractivity contribution in [2.24, 2.45) is 0 Å². The number of ether oxygens (including phenoxy) is 1. The molecule has 0 spiro atoms. The van der Waals surface area contributed by atoms with E-state index in [0.29, 0.717) is 12.0 Å². The van der Waals surface area contributed by atoms with Gasteiger partial charge in [0, 0.05) is 19.5 Å². The smallest absolute Gasteiger partial charge is 0.339 e. The molecule has 4 rings (SSSR count). The number of carbonyl (C=O) groups excluding carboxylic acids is 2. The lowest BCUT2D eigenvalue weighted by Gasteiger charge is -2.34. The van der Waals surface area contributed by atoms with Crippen LogP contribution in [0.15, 0.2) is 48.5 Å². The van der Waals surface area contributed by atoms with Gasteiger partial charge in [-0.25, -0.2) is 4.79 Å². The number of benzene rings is 2. The van der Waals surface area contributed by atoms with E-state index in [0.717, 1.165) is 42.9 Å². The van der Waals surface area contributed by atoms with Crippen LogP contribution in [0.2, 0.25) is 0 Å². The number of carbonyl (C=O) groups is 2. The normalized spacial score (nSPS) is 22.0. The predicted molar refractivity (Wildman–Crippen MR) is 105 cm³/mol. The third-order valence-electron chi connectivity index (χ3n) is 5.41. The molecule has 140 valence electrons. The Morgan fingerprint density at radius 2 is 1.74 bits per heavy atom. The summed E-state index contributed by atoms with van der Waals surface area (Å²) in [6.07, 6.45) is 3.94. The first-order chi connectivity index (χ1) is 13.1. The summed E-state index contributed by atoms with van der Waals surface area (Å²) in [5.74, 6) is -0.742. The molecule has 1 atom stereocenters. The van der Waals surface area contributed by atoms with Crippen molar-refractivity contribution in [3.8, 4) is 0 Å². The zero-order valence-corrected chi connectivity index (χ0v) is 15.5. The molecule has 2 heterocycles. The van der Waals surface area contributed by atoms with Gasteiger partial charge in [-0.1, -0.05) is 30.3 Å². The molecule has 2 aliphatic rings. The zero-order valence-electron chi connectivity index (χ0n) is 15.5. The molecule has 1 saturated heterocycles. The van der Waals surface area contributed by atoms with E-state index in [1.54, 1.807) is 19.1 Å². The fraction of sp³-hybridized carbons (Fsp3) is 0.364. The van der Waals surface area contributed by atoms with E-state index < -0.39 is 11.6 Å². The third-order valence-corrected chi connectivity index (χ3v) is 5.41. The highest BCUT2D eigenvalue weighted by Crippen LogP contribution is 2.32. The molecule has 0 aliphatic carbocycles. The minimum Gasteiger partial charge on any atom is -0.445 e. The molecule has 2 aromatic rings. The van der Waals surface area contributed by atoms with Gasteiger partial charge in [0.05, 0.1) is 16.9 Å². The Kier molecular flexibility index (Phi) is 4.60. The predicted octanol–water partition coefficient (Wildman–Crippen LogP) is 3.79. The van der Waals surface area contributed by atoms with E-state index in [1.807, 2.05) is 36.4 Å². The van der Waals surface area contributed by atoms with Gasteiger partial charge in [-0.2, -0.15) is 0 Å². The second kappa shape index (κ2) is 7.06. The Morgan fingerprint density at radius 3 is 2.56 bits per heavy atom. The fourth-order valence-electron chi connectivity index (χ4n) is 3.90. The SMILES string of the molecule is CC1(C(=O)Nc2ccccc2N2CCCCC2)Cc2ccccc2C(=O)O1. The first kappa shape index (κ1) is 17.6. The van der Waals surface area contributed by atoms with Gasteiger partial charge in [0.1, 0.15) is 0 Å². The van der Waals surface area contributed by atoms with Crippen LogP contribution in [0.25, 0.3) is 0 Å². The molecule has 1 unspecified atom stereocenters. The first-order valence-electron chi connectivity index (χ1n) is 9.53. The number of anilines is 2. The molecule has 1 fully saturated rings. The lowest BCUT2D eigenvalue weighted by molar-refractivity contribution is -0.134. The van der Waals surface area contributed by atoms with Gasteiger partial charge in [0.15, 0.2) is 5.60 Å². The molecule has 5 nitrogen and oxygen atoms in total. The maximum absolute atomic E-state index is 13.1. The Bertz CT molecular complexity index is 873. The Balaban J connectivity index is 1.57. The number of rotatable bonds is 3. The van der Waals surface area contributed by atoms with Crippen LogP contribution in [0.1, 0.15) is 42.1 Å². The van der Waals surface area contributed by atoms with Crippen LogP contribution in [0.3, 0.4) is 0 Å². The van der Waals surface area contributed by atoms with E-state index in [1.165, 1.54) is 6.42 Å². The third kappa shape index (κ3) is 3.42. The molecule has 0 radical (unpaired) electrons. The number of esters is 1. The van der Waals surface area contributed by atoms with Gasteiger partial charge < -0.3 is 15.0 Å². The highest BCUT2D eigenvalue weighted by atomic mass is 16.6. The fourth-order valence-corrected chi connectivity index (χ4v) is 3.90.